The normalized spacial score (nSPS) is 16.6. The second-order valence-electron chi connectivity index (χ2n) is 4.68. The molecule has 0 saturated heterocycles. The van der Waals surface area contributed by atoms with E-state index in [9.17, 15) is 4.39 Å². The van der Waals surface area contributed by atoms with Gasteiger partial charge in [0.2, 0.25) is 0 Å². The molecule has 14 heavy (non-hydrogen) atoms. The van der Waals surface area contributed by atoms with Gasteiger partial charge in [0.15, 0.2) is 0 Å². The van der Waals surface area contributed by atoms with Gasteiger partial charge in [-0.25, -0.2) is 4.39 Å². The van der Waals surface area contributed by atoms with Crippen LogP contribution in [0.5, 0.6) is 0 Å². The topological polar surface area (TPSA) is 39.2 Å². The Bertz CT molecular complexity index is 276. The summed E-state index contributed by atoms with van der Waals surface area (Å²) in [5, 5.41) is 0. The van der Waals surface area contributed by atoms with Gasteiger partial charge in [-0.2, -0.15) is 0 Å². The number of alkyl halides is 1. The molecular formula is C11H18FNO. The van der Waals surface area contributed by atoms with Crippen molar-refractivity contribution in [3.8, 4) is 0 Å². The van der Waals surface area contributed by atoms with Crippen LogP contribution < -0.4 is 5.73 Å². The number of furan rings is 1. The Morgan fingerprint density at radius 1 is 1.43 bits per heavy atom. The van der Waals surface area contributed by atoms with E-state index in [0.29, 0.717) is 5.76 Å². The highest BCUT2D eigenvalue weighted by atomic mass is 19.1. The summed E-state index contributed by atoms with van der Waals surface area (Å²) in [5.41, 5.74) is 3.60. The molecule has 0 fully saturated rings. The summed E-state index contributed by atoms with van der Waals surface area (Å²) in [6, 6.07) is 3.53. The van der Waals surface area contributed by atoms with Crippen LogP contribution in [0.3, 0.4) is 0 Å². The second-order valence-corrected chi connectivity index (χ2v) is 4.68. The molecule has 0 spiro atoms. The molecule has 1 aromatic rings. The zero-order valence-corrected chi connectivity index (χ0v) is 9.01. The van der Waals surface area contributed by atoms with Crippen molar-refractivity contribution < 1.29 is 8.81 Å². The standard InChI is InChI=1S/C11H18FNO/c1-10(2,3)11(12,8-13)7-9-5-4-6-14-9/h4-6H,7-8,13H2,1-3H3. The maximum atomic E-state index is 14.4. The minimum atomic E-state index is -1.41. The van der Waals surface area contributed by atoms with Crippen LogP contribution in [-0.2, 0) is 6.42 Å². The van der Waals surface area contributed by atoms with Crippen LogP contribution in [-0.4, -0.2) is 12.2 Å². The summed E-state index contributed by atoms with van der Waals surface area (Å²) in [5.74, 6) is 0.646. The average Bonchev–Trinajstić information content (AvgIpc) is 2.54. The lowest BCUT2D eigenvalue weighted by Crippen LogP contribution is -2.46. The van der Waals surface area contributed by atoms with Gasteiger partial charge < -0.3 is 10.2 Å². The van der Waals surface area contributed by atoms with E-state index in [4.69, 9.17) is 10.2 Å². The van der Waals surface area contributed by atoms with Crippen LogP contribution >= 0.6 is 0 Å². The Labute approximate surface area is 84.3 Å². The monoisotopic (exact) mass is 199 g/mol. The molecule has 0 bridgehead atoms. The SMILES string of the molecule is CC(C)(C)C(F)(CN)Cc1ccco1. The van der Waals surface area contributed by atoms with Gasteiger partial charge in [-0.05, 0) is 17.5 Å². The Balaban J connectivity index is 2.82. The summed E-state index contributed by atoms with van der Waals surface area (Å²) < 4.78 is 19.5. The van der Waals surface area contributed by atoms with Crippen LogP contribution in [0.1, 0.15) is 26.5 Å². The van der Waals surface area contributed by atoms with E-state index in [1.807, 2.05) is 20.8 Å². The largest absolute Gasteiger partial charge is 0.469 e. The van der Waals surface area contributed by atoms with Gasteiger partial charge in [0.1, 0.15) is 11.4 Å². The van der Waals surface area contributed by atoms with Crippen molar-refractivity contribution in [1.82, 2.24) is 0 Å². The Kier molecular flexibility index (Phi) is 3.00. The summed E-state index contributed by atoms with van der Waals surface area (Å²) >= 11 is 0. The van der Waals surface area contributed by atoms with Gasteiger partial charge in [-0.15, -0.1) is 0 Å². The van der Waals surface area contributed by atoms with Crippen molar-refractivity contribution in [2.45, 2.75) is 32.9 Å². The maximum Gasteiger partial charge on any atom is 0.135 e. The highest BCUT2D eigenvalue weighted by Crippen LogP contribution is 2.36. The quantitative estimate of drug-likeness (QED) is 0.812. The van der Waals surface area contributed by atoms with E-state index in [1.54, 1.807) is 18.4 Å². The highest BCUT2D eigenvalue weighted by Gasteiger charge is 2.41. The molecular weight excluding hydrogens is 181 g/mol. The third kappa shape index (κ3) is 2.15. The first kappa shape index (κ1) is 11.2. The lowest BCUT2D eigenvalue weighted by molar-refractivity contribution is 0.0333. The number of nitrogens with two attached hydrogens (primary N) is 1. The summed E-state index contributed by atoms with van der Waals surface area (Å²) in [7, 11) is 0. The molecule has 1 heterocycles. The minimum absolute atomic E-state index is 0.0111. The van der Waals surface area contributed by atoms with Crippen molar-refractivity contribution in [3.63, 3.8) is 0 Å². The number of hydrogen-bond acceptors (Lipinski definition) is 2. The first-order valence-corrected chi connectivity index (χ1v) is 4.80. The van der Waals surface area contributed by atoms with E-state index in [-0.39, 0.29) is 13.0 Å². The van der Waals surface area contributed by atoms with Crippen LogP contribution in [0, 0.1) is 5.41 Å². The van der Waals surface area contributed by atoms with Gasteiger partial charge in [0.05, 0.1) is 6.26 Å². The Morgan fingerprint density at radius 2 is 2.07 bits per heavy atom. The van der Waals surface area contributed by atoms with Crippen molar-refractivity contribution in [1.29, 1.82) is 0 Å². The highest BCUT2D eigenvalue weighted by molar-refractivity contribution is 5.06. The molecule has 1 rings (SSSR count). The third-order valence-corrected chi connectivity index (χ3v) is 2.70. The van der Waals surface area contributed by atoms with Crippen LogP contribution in [0.15, 0.2) is 22.8 Å². The predicted octanol–water partition coefficient (Wildman–Crippen LogP) is 2.54. The molecule has 0 aliphatic rings. The average molecular weight is 199 g/mol. The van der Waals surface area contributed by atoms with Crippen LogP contribution in [0.2, 0.25) is 0 Å². The maximum absolute atomic E-state index is 14.4. The van der Waals surface area contributed by atoms with Crippen molar-refractivity contribution in [2.75, 3.05) is 6.54 Å². The molecule has 1 atom stereocenters. The molecule has 0 amide bonds. The van der Waals surface area contributed by atoms with E-state index >= 15 is 0 Å². The number of halogens is 1. The molecule has 2 N–H and O–H groups in total. The lowest BCUT2D eigenvalue weighted by Gasteiger charge is -2.36. The van der Waals surface area contributed by atoms with Crippen molar-refractivity contribution in [3.05, 3.63) is 24.2 Å². The molecule has 0 aromatic carbocycles. The zero-order chi connectivity index (χ0) is 10.8. The van der Waals surface area contributed by atoms with Crippen LogP contribution in [0.4, 0.5) is 4.39 Å². The molecule has 1 unspecified atom stereocenters. The fraction of sp³-hybridized carbons (Fsp3) is 0.636. The van der Waals surface area contributed by atoms with E-state index in [0.717, 1.165) is 0 Å². The molecule has 0 radical (unpaired) electrons. The van der Waals surface area contributed by atoms with E-state index in [2.05, 4.69) is 0 Å². The van der Waals surface area contributed by atoms with Gasteiger partial charge in [0, 0.05) is 13.0 Å². The van der Waals surface area contributed by atoms with Gasteiger partial charge in [-0.3, -0.25) is 0 Å². The van der Waals surface area contributed by atoms with Gasteiger partial charge >= 0.3 is 0 Å². The fourth-order valence-electron chi connectivity index (χ4n) is 1.33. The molecule has 0 aliphatic carbocycles. The van der Waals surface area contributed by atoms with Crippen LogP contribution in [0.25, 0.3) is 0 Å². The Hall–Kier alpha value is -0.830. The lowest BCUT2D eigenvalue weighted by atomic mass is 9.75. The summed E-state index contributed by atoms with van der Waals surface area (Å²) in [6.45, 7) is 5.56. The zero-order valence-electron chi connectivity index (χ0n) is 9.01. The molecule has 1 aromatic heterocycles. The third-order valence-electron chi connectivity index (χ3n) is 2.70. The fourth-order valence-corrected chi connectivity index (χ4v) is 1.33. The predicted molar refractivity (Wildman–Crippen MR) is 54.8 cm³/mol. The minimum Gasteiger partial charge on any atom is -0.469 e. The summed E-state index contributed by atoms with van der Waals surface area (Å²) in [4.78, 5) is 0. The van der Waals surface area contributed by atoms with Crippen molar-refractivity contribution >= 4 is 0 Å². The molecule has 0 aliphatic heterocycles. The molecule has 3 heteroatoms. The first-order valence-electron chi connectivity index (χ1n) is 4.80. The summed E-state index contributed by atoms with van der Waals surface area (Å²) in [6.07, 6.45) is 1.79. The number of hydrogen-bond donors (Lipinski definition) is 1. The van der Waals surface area contributed by atoms with Gasteiger partial charge in [-0.1, -0.05) is 20.8 Å². The van der Waals surface area contributed by atoms with E-state index in [1.165, 1.54) is 0 Å². The van der Waals surface area contributed by atoms with Gasteiger partial charge in [0.25, 0.3) is 0 Å². The molecule has 2 nitrogen and oxygen atoms in total. The van der Waals surface area contributed by atoms with Crippen molar-refractivity contribution in [2.24, 2.45) is 11.1 Å². The Morgan fingerprint density at radius 3 is 2.43 bits per heavy atom. The first-order chi connectivity index (χ1) is 6.39. The number of rotatable bonds is 3. The molecule has 0 saturated carbocycles. The smallest absolute Gasteiger partial charge is 0.135 e. The molecule has 80 valence electrons. The van der Waals surface area contributed by atoms with E-state index < -0.39 is 11.1 Å². The second kappa shape index (κ2) is 3.73.